The normalized spacial score (nSPS) is 23.4. The Kier molecular flexibility index (Phi) is 4.85. The van der Waals surface area contributed by atoms with Crippen molar-refractivity contribution in [3.05, 3.63) is 70.8 Å². The molecule has 2 bridgehead atoms. The number of aryl methyl sites for hydroxylation is 1. The van der Waals surface area contributed by atoms with E-state index in [1.807, 2.05) is 31.2 Å². The van der Waals surface area contributed by atoms with Crippen LogP contribution in [-0.2, 0) is 16.8 Å². The van der Waals surface area contributed by atoms with Gasteiger partial charge in [0.1, 0.15) is 11.5 Å². The first-order chi connectivity index (χ1) is 14.9. The molecular formula is C23H22ClN3O4. The molecule has 0 saturated heterocycles. The van der Waals surface area contributed by atoms with Gasteiger partial charge in [-0.3, -0.25) is 4.79 Å². The maximum absolute atomic E-state index is 12.3. The van der Waals surface area contributed by atoms with E-state index < -0.39 is 0 Å². The number of carbonyl (C=O) groups is 1. The van der Waals surface area contributed by atoms with Gasteiger partial charge in [0.25, 0.3) is 5.91 Å². The minimum atomic E-state index is -0.179. The standard InChI is InChI=1S/C23H22ClN3O4/c1-15-3-2-4-18(9-15)30-11-20(28)26-23-12-22(13-23,14-23)21-25-19(27-31-21)10-29-17-7-5-16(24)6-8-17/h2-9H,10-14H2,1H3,(H,26,28). The molecule has 31 heavy (non-hydrogen) atoms. The number of carbonyl (C=O) groups excluding carboxylic acids is 1. The number of rotatable bonds is 8. The molecule has 3 aliphatic carbocycles. The van der Waals surface area contributed by atoms with Crippen LogP contribution in [0.25, 0.3) is 0 Å². The predicted octanol–water partition coefficient (Wildman–Crippen LogP) is 3.98. The molecule has 3 aliphatic rings. The molecule has 2 aromatic carbocycles. The van der Waals surface area contributed by atoms with Crippen molar-refractivity contribution in [3.63, 3.8) is 0 Å². The van der Waals surface area contributed by atoms with Crippen LogP contribution in [0.1, 0.15) is 36.5 Å². The summed E-state index contributed by atoms with van der Waals surface area (Å²) < 4.78 is 16.7. The minimum Gasteiger partial charge on any atom is -0.485 e. The molecule has 1 amide bonds. The lowest BCUT2D eigenvalue weighted by molar-refractivity contribution is -0.143. The summed E-state index contributed by atoms with van der Waals surface area (Å²) in [5.41, 5.74) is 0.786. The predicted molar refractivity (Wildman–Crippen MR) is 113 cm³/mol. The molecule has 3 fully saturated rings. The van der Waals surface area contributed by atoms with Crippen molar-refractivity contribution in [3.8, 4) is 11.5 Å². The van der Waals surface area contributed by atoms with Crippen LogP contribution in [-0.4, -0.2) is 28.2 Å². The van der Waals surface area contributed by atoms with Gasteiger partial charge in [-0.25, -0.2) is 0 Å². The van der Waals surface area contributed by atoms with Gasteiger partial charge in [0, 0.05) is 10.6 Å². The fourth-order valence-corrected chi connectivity index (χ4v) is 4.67. The van der Waals surface area contributed by atoms with Crippen LogP contribution in [0.2, 0.25) is 5.02 Å². The second-order valence-corrected chi connectivity index (χ2v) is 8.94. The van der Waals surface area contributed by atoms with Crippen molar-refractivity contribution in [2.45, 2.75) is 43.7 Å². The van der Waals surface area contributed by atoms with E-state index in [0.717, 1.165) is 24.8 Å². The highest BCUT2D eigenvalue weighted by Gasteiger charge is 2.71. The number of amides is 1. The Bertz CT molecular complexity index is 1090. The third-order valence-electron chi connectivity index (χ3n) is 5.90. The van der Waals surface area contributed by atoms with E-state index >= 15 is 0 Å². The van der Waals surface area contributed by atoms with Crippen LogP contribution in [0.4, 0.5) is 0 Å². The highest BCUT2D eigenvalue weighted by molar-refractivity contribution is 6.30. The lowest BCUT2D eigenvalue weighted by Gasteiger charge is -2.68. The number of hydrogen-bond donors (Lipinski definition) is 1. The number of aromatic nitrogens is 2. The molecule has 160 valence electrons. The van der Waals surface area contributed by atoms with Crippen molar-refractivity contribution in [2.24, 2.45) is 0 Å². The maximum atomic E-state index is 12.3. The first-order valence-electron chi connectivity index (χ1n) is 10.2. The number of nitrogens with zero attached hydrogens (tertiary/aromatic N) is 2. The van der Waals surface area contributed by atoms with Gasteiger partial charge < -0.3 is 19.3 Å². The average molecular weight is 440 g/mol. The molecule has 0 unspecified atom stereocenters. The van der Waals surface area contributed by atoms with E-state index in [1.165, 1.54) is 0 Å². The molecule has 3 aromatic rings. The van der Waals surface area contributed by atoms with E-state index in [4.69, 9.17) is 25.6 Å². The Hall–Kier alpha value is -3.06. The Morgan fingerprint density at radius 3 is 2.65 bits per heavy atom. The van der Waals surface area contributed by atoms with Crippen molar-refractivity contribution in [1.29, 1.82) is 0 Å². The van der Waals surface area contributed by atoms with Gasteiger partial charge in [-0.05, 0) is 68.1 Å². The summed E-state index contributed by atoms with van der Waals surface area (Å²) in [6, 6.07) is 14.8. The molecule has 0 aliphatic heterocycles. The maximum Gasteiger partial charge on any atom is 0.258 e. The first kappa shape index (κ1) is 19.9. The van der Waals surface area contributed by atoms with Crippen LogP contribution in [0, 0.1) is 6.92 Å². The van der Waals surface area contributed by atoms with Crippen LogP contribution in [0.15, 0.2) is 53.1 Å². The summed E-state index contributed by atoms with van der Waals surface area (Å²) >= 11 is 5.87. The monoisotopic (exact) mass is 439 g/mol. The molecule has 8 heteroatoms. The van der Waals surface area contributed by atoms with Crippen LogP contribution in [0.3, 0.4) is 0 Å². The molecule has 0 spiro atoms. The zero-order valence-corrected chi connectivity index (χ0v) is 17.8. The van der Waals surface area contributed by atoms with Gasteiger partial charge in [0.05, 0.1) is 5.41 Å². The fourth-order valence-electron chi connectivity index (χ4n) is 4.54. The van der Waals surface area contributed by atoms with E-state index in [-0.39, 0.29) is 30.1 Å². The molecule has 1 aromatic heterocycles. The second-order valence-electron chi connectivity index (χ2n) is 8.50. The number of ether oxygens (including phenoxy) is 2. The van der Waals surface area contributed by atoms with Gasteiger partial charge in [-0.1, -0.05) is 28.9 Å². The van der Waals surface area contributed by atoms with Crippen LogP contribution < -0.4 is 14.8 Å². The Morgan fingerprint density at radius 2 is 1.90 bits per heavy atom. The molecule has 1 N–H and O–H groups in total. The molecule has 0 atom stereocenters. The Balaban J connectivity index is 1.10. The van der Waals surface area contributed by atoms with Crippen LogP contribution in [0.5, 0.6) is 11.5 Å². The third kappa shape index (κ3) is 3.97. The molecule has 0 radical (unpaired) electrons. The quantitative estimate of drug-likeness (QED) is 0.571. The summed E-state index contributed by atoms with van der Waals surface area (Å²) in [6.45, 7) is 2.21. The summed E-state index contributed by atoms with van der Waals surface area (Å²) in [7, 11) is 0. The lowest BCUT2D eigenvalue weighted by atomic mass is 9.39. The number of hydrogen-bond acceptors (Lipinski definition) is 6. The Labute approximate surface area is 184 Å². The average Bonchev–Trinajstić information content (AvgIpc) is 3.16. The molecule has 7 nitrogen and oxygen atoms in total. The van der Waals surface area contributed by atoms with Crippen molar-refractivity contribution >= 4 is 17.5 Å². The number of halogens is 1. The largest absolute Gasteiger partial charge is 0.485 e. The summed E-state index contributed by atoms with van der Waals surface area (Å²) in [5, 5.41) is 7.79. The topological polar surface area (TPSA) is 86.5 Å². The van der Waals surface area contributed by atoms with Crippen molar-refractivity contribution < 1.29 is 18.8 Å². The summed E-state index contributed by atoms with van der Waals surface area (Å²) in [6.07, 6.45) is 2.40. The Morgan fingerprint density at radius 1 is 1.13 bits per heavy atom. The van der Waals surface area contributed by atoms with Gasteiger partial charge in [0.15, 0.2) is 13.2 Å². The summed E-state index contributed by atoms with van der Waals surface area (Å²) in [4.78, 5) is 16.8. The molecule has 6 rings (SSSR count). The first-order valence-corrected chi connectivity index (χ1v) is 10.5. The van der Waals surface area contributed by atoms with E-state index in [1.54, 1.807) is 24.3 Å². The SMILES string of the molecule is Cc1cccc(OCC(=O)NC23CC(c4nc(COc5ccc(Cl)cc5)no4)(C2)C3)c1. The molecule has 1 heterocycles. The fraction of sp³-hybridized carbons (Fsp3) is 0.348. The van der Waals surface area contributed by atoms with Gasteiger partial charge in [-0.2, -0.15) is 4.98 Å². The molecular weight excluding hydrogens is 418 g/mol. The van der Waals surface area contributed by atoms with Crippen molar-refractivity contribution in [1.82, 2.24) is 15.5 Å². The second kappa shape index (κ2) is 7.57. The minimum absolute atomic E-state index is 0.00491. The number of benzene rings is 2. The van der Waals surface area contributed by atoms with E-state index in [0.29, 0.717) is 28.2 Å². The smallest absolute Gasteiger partial charge is 0.258 e. The third-order valence-corrected chi connectivity index (χ3v) is 6.15. The number of nitrogens with one attached hydrogen (secondary N) is 1. The van der Waals surface area contributed by atoms with Gasteiger partial charge in [-0.15, -0.1) is 0 Å². The van der Waals surface area contributed by atoms with Crippen LogP contribution >= 0.6 is 11.6 Å². The van der Waals surface area contributed by atoms with Crippen molar-refractivity contribution in [2.75, 3.05) is 6.61 Å². The highest BCUT2D eigenvalue weighted by atomic mass is 35.5. The zero-order chi connectivity index (χ0) is 21.5. The lowest BCUT2D eigenvalue weighted by Crippen LogP contribution is -2.77. The van der Waals surface area contributed by atoms with E-state index in [9.17, 15) is 4.79 Å². The zero-order valence-electron chi connectivity index (χ0n) is 17.1. The van der Waals surface area contributed by atoms with E-state index in [2.05, 4.69) is 15.5 Å². The van der Waals surface area contributed by atoms with Gasteiger partial charge >= 0.3 is 0 Å². The summed E-state index contributed by atoms with van der Waals surface area (Å²) in [5.74, 6) is 2.39. The van der Waals surface area contributed by atoms with Gasteiger partial charge in [0.2, 0.25) is 11.7 Å². The highest BCUT2D eigenvalue weighted by Crippen LogP contribution is 2.67. The molecule has 3 saturated carbocycles.